The molecule has 0 heterocycles. The van der Waals surface area contributed by atoms with E-state index in [1.165, 1.54) is 24.0 Å². The van der Waals surface area contributed by atoms with Crippen LogP contribution in [0.25, 0.3) is 0 Å². The zero-order valence-corrected chi connectivity index (χ0v) is 11.7. The third-order valence-electron chi connectivity index (χ3n) is 3.99. The Morgan fingerprint density at radius 1 is 1.05 bits per heavy atom. The lowest BCUT2D eigenvalue weighted by atomic mass is 9.82. The highest BCUT2D eigenvalue weighted by molar-refractivity contribution is 5.39. The van der Waals surface area contributed by atoms with Crippen LogP contribution in [0.4, 0.5) is 0 Å². The summed E-state index contributed by atoms with van der Waals surface area (Å²) in [5.41, 5.74) is 2.92. The van der Waals surface area contributed by atoms with Crippen LogP contribution in [-0.2, 0) is 12.8 Å². The predicted octanol–water partition coefficient (Wildman–Crippen LogP) is 5.16. The zero-order chi connectivity index (χ0) is 13.8. The second-order valence-electron chi connectivity index (χ2n) is 5.48. The standard InChI is InChI=1S/C19H20O/c1-2-6-15-9-10-17-14-19(12-11-16(17)13-15)20-18-7-4-3-5-8-18/h2-5,7-8,11-12,14-15H,1,6,9-10,13H2. The molecule has 0 saturated heterocycles. The molecule has 20 heavy (non-hydrogen) atoms. The Morgan fingerprint density at radius 3 is 2.70 bits per heavy atom. The minimum atomic E-state index is 0.765. The van der Waals surface area contributed by atoms with E-state index in [2.05, 4.69) is 24.8 Å². The average Bonchev–Trinajstić information content (AvgIpc) is 2.49. The fourth-order valence-electron chi connectivity index (χ4n) is 2.93. The van der Waals surface area contributed by atoms with Crippen LogP contribution in [0.5, 0.6) is 11.5 Å². The van der Waals surface area contributed by atoms with Crippen LogP contribution in [-0.4, -0.2) is 0 Å². The van der Waals surface area contributed by atoms with Crippen molar-refractivity contribution in [2.45, 2.75) is 25.7 Å². The van der Waals surface area contributed by atoms with Gasteiger partial charge in [0.1, 0.15) is 11.5 Å². The molecule has 1 aliphatic rings. The van der Waals surface area contributed by atoms with Crippen molar-refractivity contribution in [1.82, 2.24) is 0 Å². The van der Waals surface area contributed by atoms with Crippen molar-refractivity contribution < 1.29 is 4.74 Å². The lowest BCUT2D eigenvalue weighted by molar-refractivity contribution is 0.456. The quantitative estimate of drug-likeness (QED) is 0.693. The van der Waals surface area contributed by atoms with E-state index in [0.29, 0.717) is 0 Å². The first-order valence-electron chi connectivity index (χ1n) is 7.31. The van der Waals surface area contributed by atoms with Crippen molar-refractivity contribution in [3.8, 4) is 11.5 Å². The summed E-state index contributed by atoms with van der Waals surface area (Å²) in [4.78, 5) is 0. The summed E-state index contributed by atoms with van der Waals surface area (Å²) in [5.74, 6) is 2.60. The molecule has 0 aliphatic heterocycles. The van der Waals surface area contributed by atoms with Crippen LogP contribution < -0.4 is 4.74 Å². The zero-order valence-electron chi connectivity index (χ0n) is 11.7. The molecule has 0 spiro atoms. The van der Waals surface area contributed by atoms with Crippen molar-refractivity contribution in [2.75, 3.05) is 0 Å². The second kappa shape index (κ2) is 5.96. The molecule has 1 nitrogen and oxygen atoms in total. The topological polar surface area (TPSA) is 9.23 Å². The normalized spacial score (nSPS) is 17.3. The van der Waals surface area contributed by atoms with Crippen molar-refractivity contribution in [2.24, 2.45) is 5.92 Å². The first-order valence-corrected chi connectivity index (χ1v) is 7.31. The number of allylic oxidation sites excluding steroid dienone is 1. The summed E-state index contributed by atoms with van der Waals surface area (Å²) in [6.45, 7) is 3.85. The number of rotatable bonds is 4. The van der Waals surface area contributed by atoms with Gasteiger partial charge in [-0.25, -0.2) is 0 Å². The Morgan fingerprint density at radius 2 is 1.90 bits per heavy atom. The van der Waals surface area contributed by atoms with Gasteiger partial charge in [0, 0.05) is 0 Å². The fraction of sp³-hybridized carbons (Fsp3) is 0.263. The Kier molecular flexibility index (Phi) is 3.87. The molecular weight excluding hydrogens is 244 g/mol. The van der Waals surface area contributed by atoms with E-state index in [-0.39, 0.29) is 0 Å². The molecule has 2 aromatic rings. The van der Waals surface area contributed by atoms with E-state index < -0.39 is 0 Å². The van der Waals surface area contributed by atoms with Crippen molar-refractivity contribution in [1.29, 1.82) is 0 Å². The Bertz CT molecular complexity index is 586. The molecule has 0 bridgehead atoms. The molecular formula is C19H20O. The molecule has 1 aliphatic carbocycles. The predicted molar refractivity (Wildman–Crippen MR) is 83.3 cm³/mol. The van der Waals surface area contributed by atoms with E-state index in [1.54, 1.807) is 0 Å². The number of aryl methyl sites for hydroxylation is 1. The third kappa shape index (κ3) is 2.93. The summed E-state index contributed by atoms with van der Waals surface area (Å²) < 4.78 is 5.90. The maximum absolute atomic E-state index is 5.90. The van der Waals surface area contributed by atoms with Crippen LogP contribution in [0, 0.1) is 5.92 Å². The van der Waals surface area contributed by atoms with Gasteiger partial charge in [-0.2, -0.15) is 0 Å². The summed E-state index contributed by atoms with van der Waals surface area (Å²) >= 11 is 0. The van der Waals surface area contributed by atoms with Gasteiger partial charge in [-0.15, -0.1) is 6.58 Å². The largest absolute Gasteiger partial charge is 0.457 e. The summed E-state index contributed by atoms with van der Waals surface area (Å²) in [7, 11) is 0. The minimum Gasteiger partial charge on any atom is -0.457 e. The molecule has 0 N–H and O–H groups in total. The SMILES string of the molecule is C=CCC1CCc2cc(Oc3ccccc3)ccc2C1. The number of ether oxygens (including phenoxy) is 1. The maximum Gasteiger partial charge on any atom is 0.127 e. The van der Waals surface area contributed by atoms with Gasteiger partial charge in [-0.1, -0.05) is 30.3 Å². The van der Waals surface area contributed by atoms with Gasteiger partial charge in [0.25, 0.3) is 0 Å². The highest BCUT2D eigenvalue weighted by atomic mass is 16.5. The van der Waals surface area contributed by atoms with Gasteiger partial charge in [0.05, 0.1) is 0 Å². The molecule has 1 atom stereocenters. The van der Waals surface area contributed by atoms with E-state index in [1.807, 2.05) is 36.4 Å². The van der Waals surface area contributed by atoms with Gasteiger partial charge in [0.2, 0.25) is 0 Å². The smallest absolute Gasteiger partial charge is 0.127 e. The number of fused-ring (bicyclic) bond motifs is 1. The average molecular weight is 264 g/mol. The first kappa shape index (κ1) is 13.0. The molecule has 0 amide bonds. The summed E-state index contributed by atoms with van der Waals surface area (Å²) in [6.07, 6.45) is 6.75. The monoisotopic (exact) mass is 264 g/mol. The van der Waals surface area contributed by atoms with Crippen molar-refractivity contribution >= 4 is 0 Å². The molecule has 2 aromatic carbocycles. The fourth-order valence-corrected chi connectivity index (χ4v) is 2.93. The van der Waals surface area contributed by atoms with Gasteiger partial charge in [-0.05, 0) is 67.0 Å². The number of hydrogen-bond acceptors (Lipinski definition) is 1. The van der Waals surface area contributed by atoms with Crippen molar-refractivity contribution in [3.05, 3.63) is 72.3 Å². The van der Waals surface area contributed by atoms with Crippen LogP contribution in [0.15, 0.2) is 61.2 Å². The highest BCUT2D eigenvalue weighted by Gasteiger charge is 2.18. The summed E-state index contributed by atoms with van der Waals surface area (Å²) in [6, 6.07) is 16.5. The number of hydrogen-bond donors (Lipinski definition) is 0. The van der Waals surface area contributed by atoms with Gasteiger partial charge >= 0.3 is 0 Å². The van der Waals surface area contributed by atoms with Crippen LogP contribution in [0.2, 0.25) is 0 Å². The Labute approximate surface area is 120 Å². The van der Waals surface area contributed by atoms with Crippen LogP contribution in [0.1, 0.15) is 24.0 Å². The molecule has 0 fully saturated rings. The van der Waals surface area contributed by atoms with Crippen LogP contribution >= 0.6 is 0 Å². The highest BCUT2D eigenvalue weighted by Crippen LogP contribution is 2.31. The molecule has 3 rings (SSSR count). The molecule has 102 valence electrons. The first-order chi connectivity index (χ1) is 9.85. The molecule has 0 saturated carbocycles. The van der Waals surface area contributed by atoms with E-state index in [0.717, 1.165) is 30.3 Å². The Balaban J connectivity index is 1.75. The third-order valence-corrected chi connectivity index (χ3v) is 3.99. The molecule has 0 radical (unpaired) electrons. The van der Waals surface area contributed by atoms with Gasteiger partial charge in [-0.3, -0.25) is 0 Å². The molecule has 1 heteroatoms. The second-order valence-corrected chi connectivity index (χ2v) is 5.48. The Hall–Kier alpha value is -2.02. The van der Waals surface area contributed by atoms with E-state index in [9.17, 15) is 0 Å². The minimum absolute atomic E-state index is 0.765. The van der Waals surface area contributed by atoms with E-state index >= 15 is 0 Å². The number of benzene rings is 2. The molecule has 1 unspecified atom stereocenters. The van der Waals surface area contributed by atoms with Gasteiger partial charge in [0.15, 0.2) is 0 Å². The van der Waals surface area contributed by atoms with Crippen LogP contribution in [0.3, 0.4) is 0 Å². The van der Waals surface area contributed by atoms with Crippen molar-refractivity contribution in [3.63, 3.8) is 0 Å². The maximum atomic E-state index is 5.90. The number of para-hydroxylation sites is 1. The van der Waals surface area contributed by atoms with E-state index in [4.69, 9.17) is 4.74 Å². The molecule has 0 aromatic heterocycles. The lowest BCUT2D eigenvalue weighted by Gasteiger charge is -2.24. The lowest BCUT2D eigenvalue weighted by Crippen LogP contribution is -2.13. The van der Waals surface area contributed by atoms with Gasteiger partial charge < -0.3 is 4.74 Å². The summed E-state index contributed by atoms with van der Waals surface area (Å²) in [5, 5.41) is 0.